The van der Waals surface area contributed by atoms with Crippen molar-refractivity contribution in [2.45, 2.75) is 13.8 Å². The van der Waals surface area contributed by atoms with Crippen LogP contribution in [0.3, 0.4) is 0 Å². The van der Waals surface area contributed by atoms with E-state index in [4.69, 9.17) is 21.3 Å². The summed E-state index contributed by atoms with van der Waals surface area (Å²) in [6, 6.07) is 12.9. The molecule has 0 saturated heterocycles. The van der Waals surface area contributed by atoms with E-state index in [2.05, 4.69) is 13.8 Å². The molecule has 0 unspecified atom stereocenters. The van der Waals surface area contributed by atoms with Crippen LogP contribution in [0.5, 0.6) is 5.75 Å². The number of hydrogen-bond donors (Lipinski definition) is 1. The topological polar surface area (TPSA) is 46.9 Å². The van der Waals surface area contributed by atoms with E-state index in [0.29, 0.717) is 28.0 Å². The van der Waals surface area contributed by atoms with Gasteiger partial charge in [0.25, 0.3) is 5.91 Å². The number of nitrogens with one attached hydrogen (secondary N) is 1. The zero-order valence-electron chi connectivity index (χ0n) is 16.4. The van der Waals surface area contributed by atoms with E-state index in [-0.39, 0.29) is 5.91 Å². The highest BCUT2D eigenvalue weighted by molar-refractivity contribution is 7.22. The first-order valence-corrected chi connectivity index (χ1v) is 10.6. The number of amides is 1. The van der Waals surface area contributed by atoms with E-state index in [1.54, 1.807) is 24.1 Å². The second-order valence-corrected chi connectivity index (χ2v) is 7.92. The summed E-state index contributed by atoms with van der Waals surface area (Å²) in [4.78, 5) is 21.3. The number of likely N-dealkylation sites (N-methyl/N-ethyl adjacent to an activating group) is 1. The first kappa shape index (κ1) is 20.6. The number of methoxy groups -OCH3 is 1. The number of benzene rings is 2. The van der Waals surface area contributed by atoms with Crippen molar-refractivity contribution in [3.8, 4) is 5.75 Å². The molecule has 0 bridgehead atoms. The number of carbonyl (C=O) groups excluding carboxylic acids is 1. The van der Waals surface area contributed by atoms with Crippen molar-refractivity contribution in [1.82, 2.24) is 4.98 Å². The Kier molecular flexibility index (Phi) is 6.88. The number of rotatable bonds is 8. The van der Waals surface area contributed by atoms with Crippen molar-refractivity contribution in [3.05, 3.63) is 53.1 Å². The number of carbonyl (C=O) groups is 1. The molecule has 3 rings (SSSR count). The molecule has 0 aliphatic carbocycles. The van der Waals surface area contributed by atoms with Gasteiger partial charge >= 0.3 is 0 Å². The third-order valence-electron chi connectivity index (χ3n) is 4.84. The first-order valence-electron chi connectivity index (χ1n) is 9.41. The summed E-state index contributed by atoms with van der Waals surface area (Å²) in [5.41, 5.74) is 1.38. The molecule has 7 heteroatoms. The lowest BCUT2D eigenvalue weighted by Gasteiger charge is -2.23. The number of thiazole rings is 1. The van der Waals surface area contributed by atoms with Crippen molar-refractivity contribution in [1.29, 1.82) is 0 Å². The van der Waals surface area contributed by atoms with Crippen LogP contribution in [0.2, 0.25) is 5.02 Å². The van der Waals surface area contributed by atoms with Gasteiger partial charge < -0.3 is 9.64 Å². The number of para-hydroxylation sites is 1. The highest BCUT2D eigenvalue weighted by Gasteiger charge is 2.25. The van der Waals surface area contributed by atoms with E-state index in [0.717, 1.165) is 29.9 Å². The molecule has 2 aromatic carbocycles. The monoisotopic (exact) mass is 418 g/mol. The molecule has 0 radical (unpaired) electrons. The van der Waals surface area contributed by atoms with Crippen molar-refractivity contribution < 1.29 is 14.4 Å². The number of fused-ring (bicyclic) bond motifs is 1. The average molecular weight is 419 g/mol. The lowest BCUT2D eigenvalue weighted by atomic mass is 10.1. The predicted molar refractivity (Wildman–Crippen MR) is 116 cm³/mol. The van der Waals surface area contributed by atoms with Crippen LogP contribution in [0.15, 0.2) is 42.5 Å². The number of aromatic nitrogens is 1. The molecule has 0 aliphatic heterocycles. The van der Waals surface area contributed by atoms with E-state index < -0.39 is 0 Å². The molecular weight excluding hydrogens is 394 g/mol. The number of anilines is 1. The fraction of sp³-hybridized carbons (Fsp3) is 0.333. The summed E-state index contributed by atoms with van der Waals surface area (Å²) >= 11 is 7.61. The van der Waals surface area contributed by atoms with Crippen molar-refractivity contribution in [2.75, 3.05) is 38.2 Å². The van der Waals surface area contributed by atoms with Crippen molar-refractivity contribution in [3.63, 3.8) is 0 Å². The Morgan fingerprint density at radius 1 is 1.21 bits per heavy atom. The number of nitrogens with zero attached hydrogens (tertiary/aromatic N) is 2. The quantitative estimate of drug-likeness (QED) is 0.608. The maximum atomic E-state index is 13.4. The lowest BCUT2D eigenvalue weighted by Crippen LogP contribution is -3.12. The molecule has 1 N–H and O–H groups in total. The van der Waals surface area contributed by atoms with Crippen LogP contribution in [0.25, 0.3) is 10.2 Å². The zero-order chi connectivity index (χ0) is 20.1. The Balaban J connectivity index is 1.99. The molecule has 148 valence electrons. The number of ether oxygens (including phenoxy) is 1. The van der Waals surface area contributed by atoms with E-state index in [9.17, 15) is 4.79 Å². The van der Waals surface area contributed by atoms with Gasteiger partial charge in [-0.3, -0.25) is 9.69 Å². The lowest BCUT2D eigenvalue weighted by molar-refractivity contribution is -0.894. The van der Waals surface area contributed by atoms with E-state index >= 15 is 0 Å². The van der Waals surface area contributed by atoms with E-state index in [1.165, 1.54) is 16.2 Å². The summed E-state index contributed by atoms with van der Waals surface area (Å²) in [5, 5.41) is 1.35. The van der Waals surface area contributed by atoms with Gasteiger partial charge in [-0.1, -0.05) is 35.1 Å². The number of quaternary nitrogens is 1. The Bertz CT molecular complexity index is 956. The van der Waals surface area contributed by atoms with Crippen molar-refractivity contribution in [2.24, 2.45) is 0 Å². The Hall–Kier alpha value is -2.15. The Labute approximate surface area is 174 Å². The van der Waals surface area contributed by atoms with Crippen LogP contribution in [0.1, 0.15) is 24.2 Å². The highest BCUT2D eigenvalue weighted by Crippen LogP contribution is 2.32. The SMILES string of the molecule is CC[NH+](CC)CCN(C(=O)c1ccccc1OC)c1nc2ccc(Cl)cc2s1. The minimum absolute atomic E-state index is 0.103. The first-order chi connectivity index (χ1) is 13.6. The third kappa shape index (κ3) is 4.46. The van der Waals surface area contributed by atoms with Crippen LogP contribution in [-0.2, 0) is 0 Å². The maximum Gasteiger partial charge on any atom is 0.264 e. The van der Waals surface area contributed by atoms with Gasteiger partial charge in [-0.2, -0.15) is 0 Å². The standard InChI is InChI=1S/C21H24ClN3O2S/c1-4-24(5-2)12-13-25(20(26)16-8-6-7-9-18(16)27-3)21-23-17-11-10-15(22)14-19(17)28-21/h6-11,14H,4-5,12-13H2,1-3H3/p+1. The summed E-state index contributed by atoms with van der Waals surface area (Å²) in [7, 11) is 1.58. The number of halogens is 1. The molecule has 1 aromatic heterocycles. The Morgan fingerprint density at radius 3 is 2.68 bits per heavy atom. The second-order valence-electron chi connectivity index (χ2n) is 6.47. The van der Waals surface area contributed by atoms with Gasteiger partial charge in [-0.05, 0) is 44.2 Å². The molecule has 0 spiro atoms. The Morgan fingerprint density at radius 2 is 1.96 bits per heavy atom. The molecule has 1 heterocycles. The van der Waals surface area contributed by atoms with Crippen LogP contribution in [0, 0.1) is 0 Å². The highest BCUT2D eigenvalue weighted by atomic mass is 35.5. The van der Waals surface area contributed by atoms with Crippen LogP contribution < -0.4 is 14.5 Å². The molecule has 5 nitrogen and oxygen atoms in total. The van der Waals surface area contributed by atoms with Gasteiger partial charge in [-0.15, -0.1) is 0 Å². The minimum Gasteiger partial charge on any atom is -0.496 e. The second kappa shape index (κ2) is 9.37. The molecule has 0 saturated carbocycles. The van der Waals surface area contributed by atoms with Gasteiger partial charge in [0.05, 0.1) is 49.1 Å². The smallest absolute Gasteiger partial charge is 0.264 e. The van der Waals surface area contributed by atoms with Crippen LogP contribution in [0.4, 0.5) is 5.13 Å². The largest absolute Gasteiger partial charge is 0.496 e. The molecule has 3 aromatic rings. The fourth-order valence-electron chi connectivity index (χ4n) is 3.13. The molecule has 0 fully saturated rings. The maximum absolute atomic E-state index is 13.4. The summed E-state index contributed by atoms with van der Waals surface area (Å²) in [5.74, 6) is 0.464. The summed E-state index contributed by atoms with van der Waals surface area (Å²) in [6.07, 6.45) is 0. The number of hydrogen-bond acceptors (Lipinski definition) is 4. The molecular formula is C21H25ClN3O2S+. The van der Waals surface area contributed by atoms with E-state index in [1.807, 2.05) is 30.3 Å². The molecule has 0 atom stereocenters. The van der Waals surface area contributed by atoms with Crippen molar-refractivity contribution >= 4 is 44.2 Å². The van der Waals surface area contributed by atoms with Gasteiger partial charge in [-0.25, -0.2) is 4.98 Å². The van der Waals surface area contributed by atoms with Gasteiger partial charge in [0, 0.05) is 5.02 Å². The third-order valence-corrected chi connectivity index (χ3v) is 6.12. The van der Waals surface area contributed by atoms with Crippen LogP contribution in [-0.4, -0.2) is 44.2 Å². The van der Waals surface area contributed by atoms with Gasteiger partial charge in [0.15, 0.2) is 5.13 Å². The molecule has 0 aliphatic rings. The average Bonchev–Trinajstić information content (AvgIpc) is 3.13. The molecule has 1 amide bonds. The fourth-order valence-corrected chi connectivity index (χ4v) is 4.39. The predicted octanol–water partition coefficient (Wildman–Crippen LogP) is 3.53. The van der Waals surface area contributed by atoms with Gasteiger partial charge in [0.1, 0.15) is 5.75 Å². The normalized spacial score (nSPS) is 11.2. The molecule has 28 heavy (non-hydrogen) atoms. The summed E-state index contributed by atoms with van der Waals surface area (Å²) < 4.78 is 6.38. The minimum atomic E-state index is -0.103. The summed E-state index contributed by atoms with van der Waals surface area (Å²) in [6.45, 7) is 7.78. The van der Waals surface area contributed by atoms with Gasteiger partial charge in [0.2, 0.25) is 0 Å². The van der Waals surface area contributed by atoms with Crippen LogP contribution >= 0.6 is 22.9 Å². The zero-order valence-corrected chi connectivity index (χ0v) is 17.9.